The van der Waals surface area contributed by atoms with Crippen LogP contribution in [0.4, 0.5) is 5.82 Å². The lowest BCUT2D eigenvalue weighted by Crippen LogP contribution is -2.34. The first-order chi connectivity index (χ1) is 10.1. The van der Waals surface area contributed by atoms with E-state index < -0.39 is 0 Å². The highest BCUT2D eigenvalue weighted by Crippen LogP contribution is 2.24. The minimum atomic E-state index is 0.464. The summed E-state index contributed by atoms with van der Waals surface area (Å²) in [5.41, 5.74) is 2.27. The molecule has 0 aliphatic carbocycles. The Hall–Kier alpha value is -1.55. The monoisotopic (exact) mass is 288 g/mol. The van der Waals surface area contributed by atoms with Crippen molar-refractivity contribution < 1.29 is 0 Å². The first kappa shape index (κ1) is 15.8. The third-order valence-corrected chi connectivity index (χ3v) is 4.02. The fourth-order valence-corrected chi connectivity index (χ4v) is 2.62. The first-order valence-corrected chi connectivity index (χ1v) is 8.04. The van der Waals surface area contributed by atoms with Crippen molar-refractivity contribution in [2.75, 3.05) is 11.4 Å². The van der Waals surface area contributed by atoms with Gasteiger partial charge < -0.3 is 14.6 Å². The second-order valence-electron chi connectivity index (χ2n) is 5.89. The molecule has 1 unspecified atom stereocenters. The van der Waals surface area contributed by atoms with Gasteiger partial charge in [0.25, 0.3) is 0 Å². The minimum Gasteiger partial charge on any atom is -0.353 e. The second-order valence-corrected chi connectivity index (χ2v) is 5.89. The first-order valence-electron chi connectivity index (χ1n) is 8.04. The number of nitrogens with one attached hydrogen (secondary N) is 1. The van der Waals surface area contributed by atoms with E-state index in [4.69, 9.17) is 4.98 Å². The lowest BCUT2D eigenvalue weighted by molar-refractivity contribution is 0.572. The molecule has 4 heteroatoms. The molecule has 116 valence electrons. The number of nitrogens with zero attached hydrogens (tertiary/aromatic N) is 3. The zero-order chi connectivity index (χ0) is 15.4. The van der Waals surface area contributed by atoms with Gasteiger partial charge in [-0.3, -0.25) is 0 Å². The Labute approximate surface area is 128 Å². The quantitative estimate of drug-likeness (QED) is 0.847. The van der Waals surface area contributed by atoms with Crippen molar-refractivity contribution in [2.45, 2.75) is 59.7 Å². The van der Waals surface area contributed by atoms with Crippen molar-refractivity contribution in [3.05, 3.63) is 30.1 Å². The van der Waals surface area contributed by atoms with Crippen molar-refractivity contribution in [2.24, 2.45) is 0 Å². The molecule has 0 radical (unpaired) electrons. The van der Waals surface area contributed by atoms with Crippen molar-refractivity contribution >= 4 is 11.5 Å². The van der Waals surface area contributed by atoms with E-state index in [-0.39, 0.29) is 0 Å². The highest BCUT2D eigenvalue weighted by molar-refractivity contribution is 5.56. The van der Waals surface area contributed by atoms with E-state index in [1.165, 1.54) is 5.69 Å². The average molecular weight is 288 g/mol. The largest absolute Gasteiger partial charge is 0.353 e. The van der Waals surface area contributed by atoms with E-state index in [2.05, 4.69) is 67.6 Å². The van der Waals surface area contributed by atoms with Crippen LogP contribution in [0.2, 0.25) is 0 Å². The van der Waals surface area contributed by atoms with Crippen molar-refractivity contribution in [3.8, 4) is 0 Å². The molecule has 1 atom stereocenters. The second kappa shape index (κ2) is 6.94. The molecule has 2 aromatic rings. The lowest BCUT2D eigenvalue weighted by Gasteiger charge is -2.28. The molecule has 2 rings (SSSR count). The van der Waals surface area contributed by atoms with Crippen LogP contribution in [0.1, 0.15) is 46.7 Å². The lowest BCUT2D eigenvalue weighted by atomic mass is 10.2. The van der Waals surface area contributed by atoms with Gasteiger partial charge in [0.15, 0.2) is 5.82 Å². The standard InChI is InChI=1S/C17H28N4/c1-6-14(5)20(7-2)17-15(12-18-13(3)4)21-11-9-8-10-16(21)19-17/h8-11,13-14,18H,6-7,12H2,1-5H3. The van der Waals surface area contributed by atoms with Gasteiger partial charge >= 0.3 is 0 Å². The number of hydrogen-bond acceptors (Lipinski definition) is 3. The minimum absolute atomic E-state index is 0.464. The number of anilines is 1. The topological polar surface area (TPSA) is 32.6 Å². The Balaban J connectivity index is 2.47. The molecule has 0 aliphatic rings. The third kappa shape index (κ3) is 3.38. The van der Waals surface area contributed by atoms with Gasteiger partial charge in [-0.2, -0.15) is 0 Å². The summed E-state index contributed by atoms with van der Waals surface area (Å²) in [6, 6.07) is 7.15. The van der Waals surface area contributed by atoms with E-state index in [0.29, 0.717) is 12.1 Å². The van der Waals surface area contributed by atoms with Crippen molar-refractivity contribution in [1.29, 1.82) is 0 Å². The van der Waals surface area contributed by atoms with Crippen LogP contribution in [0.15, 0.2) is 24.4 Å². The van der Waals surface area contributed by atoms with E-state index in [1.807, 2.05) is 6.07 Å². The summed E-state index contributed by atoms with van der Waals surface area (Å²) < 4.78 is 2.20. The van der Waals surface area contributed by atoms with Crippen LogP contribution in [0.5, 0.6) is 0 Å². The van der Waals surface area contributed by atoms with Gasteiger partial charge in [0.2, 0.25) is 0 Å². The van der Waals surface area contributed by atoms with Crippen LogP contribution < -0.4 is 10.2 Å². The Morgan fingerprint density at radius 2 is 2.00 bits per heavy atom. The normalized spacial score (nSPS) is 13.0. The molecule has 0 spiro atoms. The zero-order valence-electron chi connectivity index (χ0n) is 13.9. The molecule has 0 fully saturated rings. The van der Waals surface area contributed by atoms with Crippen LogP contribution in [-0.4, -0.2) is 28.0 Å². The maximum Gasteiger partial charge on any atom is 0.152 e. The average Bonchev–Trinajstić information content (AvgIpc) is 2.84. The maximum atomic E-state index is 4.88. The molecule has 1 N–H and O–H groups in total. The predicted octanol–water partition coefficient (Wildman–Crippen LogP) is 3.46. The van der Waals surface area contributed by atoms with Gasteiger partial charge in [0.1, 0.15) is 5.65 Å². The number of aromatic nitrogens is 2. The highest BCUT2D eigenvalue weighted by Gasteiger charge is 2.20. The number of imidazole rings is 1. The van der Waals surface area contributed by atoms with Gasteiger partial charge in [0.05, 0.1) is 5.69 Å². The molecule has 0 aliphatic heterocycles. The van der Waals surface area contributed by atoms with Gasteiger partial charge in [-0.25, -0.2) is 4.98 Å². The van der Waals surface area contributed by atoms with Gasteiger partial charge in [-0.1, -0.05) is 26.8 Å². The highest BCUT2D eigenvalue weighted by atomic mass is 15.3. The summed E-state index contributed by atoms with van der Waals surface area (Å²) in [6.45, 7) is 12.9. The molecule has 0 saturated carbocycles. The molecule has 2 heterocycles. The van der Waals surface area contributed by atoms with Crippen molar-refractivity contribution in [1.82, 2.24) is 14.7 Å². The molecule has 0 bridgehead atoms. The van der Waals surface area contributed by atoms with Gasteiger partial charge in [-0.15, -0.1) is 0 Å². The summed E-state index contributed by atoms with van der Waals surface area (Å²) in [5.74, 6) is 1.12. The van der Waals surface area contributed by atoms with Crippen LogP contribution in [0.3, 0.4) is 0 Å². The molecule has 2 aromatic heterocycles. The van der Waals surface area contributed by atoms with Crippen LogP contribution in [0, 0.1) is 0 Å². The molecule has 4 nitrogen and oxygen atoms in total. The summed E-state index contributed by atoms with van der Waals surface area (Å²) in [6.07, 6.45) is 3.23. The Bertz CT molecular complexity index is 573. The number of hydrogen-bond donors (Lipinski definition) is 1. The van der Waals surface area contributed by atoms with Crippen LogP contribution in [-0.2, 0) is 6.54 Å². The van der Waals surface area contributed by atoms with Gasteiger partial charge in [-0.05, 0) is 32.4 Å². The maximum absolute atomic E-state index is 4.88. The zero-order valence-corrected chi connectivity index (χ0v) is 13.9. The summed E-state index contributed by atoms with van der Waals surface area (Å²) in [4.78, 5) is 7.29. The fourth-order valence-electron chi connectivity index (χ4n) is 2.62. The van der Waals surface area contributed by atoms with Crippen molar-refractivity contribution in [3.63, 3.8) is 0 Å². The Morgan fingerprint density at radius 1 is 1.24 bits per heavy atom. The molecular weight excluding hydrogens is 260 g/mol. The number of rotatable bonds is 7. The van der Waals surface area contributed by atoms with E-state index >= 15 is 0 Å². The molecular formula is C17H28N4. The number of fused-ring (bicyclic) bond motifs is 1. The molecule has 21 heavy (non-hydrogen) atoms. The Morgan fingerprint density at radius 3 is 2.62 bits per heavy atom. The van der Waals surface area contributed by atoms with E-state index in [1.54, 1.807) is 0 Å². The predicted molar refractivity (Wildman–Crippen MR) is 89.9 cm³/mol. The molecule has 0 amide bonds. The smallest absolute Gasteiger partial charge is 0.152 e. The summed E-state index contributed by atoms with van der Waals surface area (Å²) in [7, 11) is 0. The fraction of sp³-hybridized carbons (Fsp3) is 0.588. The van der Waals surface area contributed by atoms with E-state index in [0.717, 1.165) is 31.0 Å². The van der Waals surface area contributed by atoms with Crippen LogP contribution in [0.25, 0.3) is 5.65 Å². The van der Waals surface area contributed by atoms with E-state index in [9.17, 15) is 0 Å². The Kier molecular flexibility index (Phi) is 5.23. The summed E-state index contributed by atoms with van der Waals surface area (Å²) in [5, 5.41) is 3.53. The summed E-state index contributed by atoms with van der Waals surface area (Å²) >= 11 is 0. The SMILES string of the molecule is CCC(C)N(CC)c1nc2ccccn2c1CNC(C)C. The number of pyridine rings is 1. The molecule has 0 saturated heterocycles. The third-order valence-electron chi connectivity index (χ3n) is 4.02. The van der Waals surface area contributed by atoms with Gasteiger partial charge in [0, 0.05) is 31.4 Å². The molecule has 0 aromatic carbocycles. The van der Waals surface area contributed by atoms with Crippen LogP contribution >= 0.6 is 0 Å².